The van der Waals surface area contributed by atoms with Crippen LogP contribution in [-0.2, 0) is 10.0 Å². The molecule has 1 aromatic heterocycles. The summed E-state index contributed by atoms with van der Waals surface area (Å²) in [4.78, 5) is 11.8. The Balaban J connectivity index is 2.41. The lowest BCUT2D eigenvalue weighted by atomic mass is 10.4. The largest absolute Gasteiger partial charge is 0.463 e. The van der Waals surface area contributed by atoms with Crippen molar-refractivity contribution >= 4 is 21.9 Å². The topological polar surface area (TPSA) is 132 Å². The molecule has 0 bridgehead atoms. The molecular weight excluding hydrogens is 284 g/mol. The molecule has 0 atom stereocenters. The molecule has 1 rings (SSSR count). The molecule has 0 aliphatic heterocycles. The third kappa shape index (κ3) is 7.04. The Morgan fingerprint density at radius 2 is 2.00 bits per heavy atom. The molecule has 10 heteroatoms. The van der Waals surface area contributed by atoms with Crippen molar-refractivity contribution in [2.24, 2.45) is 0 Å². The Labute approximate surface area is 118 Å². The predicted octanol–water partition coefficient (Wildman–Crippen LogP) is -0.406. The molecule has 9 nitrogen and oxygen atoms in total. The number of nitrogens with one attached hydrogen (secondary N) is 2. The molecule has 0 fully saturated rings. The van der Waals surface area contributed by atoms with Gasteiger partial charge in [-0.25, -0.2) is 13.1 Å². The van der Waals surface area contributed by atoms with Gasteiger partial charge in [0, 0.05) is 13.1 Å². The molecule has 0 spiro atoms. The van der Waals surface area contributed by atoms with Crippen LogP contribution in [0.2, 0.25) is 0 Å². The van der Waals surface area contributed by atoms with Gasteiger partial charge in [-0.3, -0.25) is 0 Å². The van der Waals surface area contributed by atoms with Gasteiger partial charge in [0.15, 0.2) is 0 Å². The summed E-state index contributed by atoms with van der Waals surface area (Å²) in [5.74, 6) is 0.380. The van der Waals surface area contributed by atoms with Crippen molar-refractivity contribution in [3.8, 4) is 6.01 Å². The van der Waals surface area contributed by atoms with E-state index in [0.29, 0.717) is 32.1 Å². The van der Waals surface area contributed by atoms with E-state index in [1.165, 1.54) is 0 Å². The Morgan fingerprint density at radius 1 is 1.25 bits per heavy atom. The number of anilines is 2. The van der Waals surface area contributed by atoms with Crippen molar-refractivity contribution in [1.82, 2.24) is 19.7 Å². The number of ether oxygens (including phenoxy) is 1. The van der Waals surface area contributed by atoms with E-state index in [1.807, 2.05) is 6.92 Å². The van der Waals surface area contributed by atoms with Crippen molar-refractivity contribution < 1.29 is 13.2 Å². The summed E-state index contributed by atoms with van der Waals surface area (Å²) in [6, 6.07) is 0.177. The van der Waals surface area contributed by atoms with Crippen LogP contribution >= 0.6 is 0 Å². The molecule has 0 aliphatic carbocycles. The molecule has 1 heterocycles. The number of rotatable bonds is 9. The number of nitrogens with two attached hydrogens (primary N) is 1. The molecular formula is C10H20N6O3S. The van der Waals surface area contributed by atoms with Gasteiger partial charge in [-0.1, -0.05) is 6.92 Å². The van der Waals surface area contributed by atoms with Crippen LogP contribution < -0.4 is 20.5 Å². The van der Waals surface area contributed by atoms with Crippen LogP contribution in [0.1, 0.15) is 19.8 Å². The number of hydrogen-bond donors (Lipinski definition) is 3. The number of aromatic nitrogens is 3. The molecule has 20 heavy (non-hydrogen) atoms. The minimum absolute atomic E-state index is 0.0721. The Kier molecular flexibility index (Phi) is 6.39. The molecule has 0 amide bonds. The monoisotopic (exact) mass is 304 g/mol. The van der Waals surface area contributed by atoms with Crippen LogP contribution in [0.3, 0.4) is 0 Å². The van der Waals surface area contributed by atoms with Crippen LogP contribution in [0.5, 0.6) is 6.01 Å². The van der Waals surface area contributed by atoms with Gasteiger partial charge in [0.2, 0.25) is 21.9 Å². The summed E-state index contributed by atoms with van der Waals surface area (Å²) in [6.45, 7) is 3.31. The van der Waals surface area contributed by atoms with E-state index in [1.54, 1.807) is 0 Å². The lowest BCUT2D eigenvalue weighted by Crippen LogP contribution is -2.24. The zero-order valence-electron chi connectivity index (χ0n) is 11.6. The van der Waals surface area contributed by atoms with E-state index >= 15 is 0 Å². The van der Waals surface area contributed by atoms with Gasteiger partial charge < -0.3 is 15.8 Å². The van der Waals surface area contributed by atoms with Gasteiger partial charge in [-0.2, -0.15) is 15.0 Å². The third-order valence-corrected chi connectivity index (χ3v) is 2.80. The average molecular weight is 304 g/mol. The van der Waals surface area contributed by atoms with Crippen molar-refractivity contribution in [3.63, 3.8) is 0 Å². The molecule has 0 saturated heterocycles. The highest BCUT2D eigenvalue weighted by Crippen LogP contribution is 2.08. The molecule has 0 saturated carbocycles. The zero-order chi connectivity index (χ0) is 15.0. The number of nitrogens with zero attached hydrogens (tertiary/aromatic N) is 3. The highest BCUT2D eigenvalue weighted by atomic mass is 32.2. The second kappa shape index (κ2) is 7.80. The molecule has 0 aliphatic rings. The molecule has 114 valence electrons. The van der Waals surface area contributed by atoms with Gasteiger partial charge in [0.1, 0.15) is 0 Å². The quantitative estimate of drug-likeness (QED) is 0.525. The van der Waals surface area contributed by atoms with Crippen molar-refractivity contribution in [1.29, 1.82) is 0 Å². The highest BCUT2D eigenvalue weighted by Gasteiger charge is 2.05. The number of hydrogen-bond acceptors (Lipinski definition) is 8. The maximum absolute atomic E-state index is 10.9. The fourth-order valence-corrected chi connectivity index (χ4v) is 1.77. The first kappa shape index (κ1) is 16.4. The van der Waals surface area contributed by atoms with Gasteiger partial charge >= 0.3 is 6.01 Å². The summed E-state index contributed by atoms with van der Waals surface area (Å²) in [5.41, 5.74) is 5.54. The first-order valence-electron chi connectivity index (χ1n) is 6.23. The first-order chi connectivity index (χ1) is 9.40. The fourth-order valence-electron chi connectivity index (χ4n) is 1.26. The minimum atomic E-state index is -3.15. The SMILES string of the molecule is CCCOc1nc(N)nc(NCCCNS(C)(=O)=O)n1. The smallest absolute Gasteiger partial charge is 0.323 e. The molecule has 0 unspecified atom stereocenters. The summed E-state index contributed by atoms with van der Waals surface area (Å²) in [6.07, 6.45) is 2.54. The van der Waals surface area contributed by atoms with E-state index in [-0.39, 0.29) is 12.0 Å². The molecule has 1 aromatic rings. The van der Waals surface area contributed by atoms with Gasteiger partial charge in [0.25, 0.3) is 0 Å². The van der Waals surface area contributed by atoms with E-state index in [2.05, 4.69) is 25.0 Å². The maximum Gasteiger partial charge on any atom is 0.323 e. The second-order valence-corrected chi connectivity index (χ2v) is 5.93. The lowest BCUT2D eigenvalue weighted by Gasteiger charge is -2.07. The van der Waals surface area contributed by atoms with Crippen LogP contribution in [0.4, 0.5) is 11.9 Å². The maximum atomic E-state index is 10.9. The normalized spacial score (nSPS) is 11.3. The summed E-state index contributed by atoms with van der Waals surface area (Å²) in [5, 5.41) is 2.93. The van der Waals surface area contributed by atoms with E-state index in [9.17, 15) is 8.42 Å². The molecule has 0 radical (unpaired) electrons. The third-order valence-electron chi connectivity index (χ3n) is 2.07. The minimum Gasteiger partial charge on any atom is -0.463 e. The molecule has 4 N–H and O–H groups in total. The van der Waals surface area contributed by atoms with Crippen LogP contribution in [0, 0.1) is 0 Å². The average Bonchev–Trinajstić information content (AvgIpc) is 2.34. The Bertz CT molecular complexity index is 522. The van der Waals surface area contributed by atoms with Crippen molar-refractivity contribution in [3.05, 3.63) is 0 Å². The number of sulfonamides is 1. The predicted molar refractivity (Wildman–Crippen MR) is 76.0 cm³/mol. The lowest BCUT2D eigenvalue weighted by molar-refractivity contribution is 0.292. The van der Waals surface area contributed by atoms with Gasteiger partial charge in [0.05, 0.1) is 12.9 Å². The zero-order valence-corrected chi connectivity index (χ0v) is 12.4. The van der Waals surface area contributed by atoms with Crippen LogP contribution in [0.15, 0.2) is 0 Å². The van der Waals surface area contributed by atoms with Gasteiger partial charge in [-0.05, 0) is 12.8 Å². The Hall–Kier alpha value is -1.68. The van der Waals surface area contributed by atoms with E-state index < -0.39 is 10.0 Å². The fraction of sp³-hybridized carbons (Fsp3) is 0.700. The number of nitrogen functional groups attached to an aromatic ring is 1. The summed E-state index contributed by atoms with van der Waals surface area (Å²) >= 11 is 0. The highest BCUT2D eigenvalue weighted by molar-refractivity contribution is 7.88. The summed E-state index contributed by atoms with van der Waals surface area (Å²) < 4.78 is 29.4. The van der Waals surface area contributed by atoms with Crippen LogP contribution in [0.25, 0.3) is 0 Å². The van der Waals surface area contributed by atoms with Crippen molar-refractivity contribution in [2.45, 2.75) is 19.8 Å². The standard InChI is InChI=1S/C10H20N6O3S/c1-3-7-19-10-15-8(11)14-9(16-10)12-5-4-6-13-20(2,17)18/h13H,3-7H2,1-2H3,(H3,11,12,14,15,16). The van der Waals surface area contributed by atoms with Gasteiger partial charge in [-0.15, -0.1) is 0 Å². The van der Waals surface area contributed by atoms with Crippen molar-refractivity contribution in [2.75, 3.05) is 37.0 Å². The summed E-state index contributed by atoms with van der Waals surface area (Å²) in [7, 11) is -3.15. The van der Waals surface area contributed by atoms with Crippen LogP contribution in [-0.4, -0.2) is 49.3 Å². The Morgan fingerprint density at radius 3 is 2.65 bits per heavy atom. The first-order valence-corrected chi connectivity index (χ1v) is 8.12. The second-order valence-electron chi connectivity index (χ2n) is 4.10. The van der Waals surface area contributed by atoms with E-state index in [4.69, 9.17) is 10.5 Å². The molecule has 0 aromatic carbocycles. The van der Waals surface area contributed by atoms with E-state index in [0.717, 1.165) is 12.7 Å².